The van der Waals surface area contributed by atoms with Crippen molar-refractivity contribution in [2.45, 2.75) is 58.3 Å². The van der Waals surface area contributed by atoms with Gasteiger partial charge in [-0.15, -0.1) is 0 Å². The average Bonchev–Trinajstić information content (AvgIpc) is 2.61. The van der Waals surface area contributed by atoms with Gasteiger partial charge in [0.05, 0.1) is 19.4 Å². The summed E-state index contributed by atoms with van der Waals surface area (Å²) in [5.41, 5.74) is 0.283. The summed E-state index contributed by atoms with van der Waals surface area (Å²) in [7, 11) is 1.70. The minimum Gasteiger partial charge on any atom is -0.466 e. The predicted molar refractivity (Wildman–Crippen MR) is 96.5 cm³/mol. The van der Waals surface area contributed by atoms with E-state index in [-0.39, 0.29) is 31.6 Å². The van der Waals surface area contributed by atoms with Crippen molar-refractivity contribution >= 4 is 17.9 Å². The molecule has 0 heterocycles. The Morgan fingerprint density at radius 3 is 1.69 bits per heavy atom. The quantitative estimate of drug-likeness (QED) is 0.178. The van der Waals surface area contributed by atoms with E-state index < -0.39 is 17.9 Å². The van der Waals surface area contributed by atoms with E-state index in [1.54, 1.807) is 7.11 Å². The van der Waals surface area contributed by atoms with Crippen LogP contribution in [0.4, 0.5) is 0 Å². The Labute approximate surface area is 156 Å². The van der Waals surface area contributed by atoms with Crippen LogP contribution in [0.2, 0.25) is 0 Å². The molecule has 0 aliphatic heterocycles. The van der Waals surface area contributed by atoms with E-state index >= 15 is 0 Å². The fourth-order valence-corrected chi connectivity index (χ4v) is 2.00. The number of ether oxygens (including phenoxy) is 4. The van der Waals surface area contributed by atoms with Crippen molar-refractivity contribution in [1.82, 2.24) is 0 Å². The third-order valence-electron chi connectivity index (χ3n) is 3.47. The molecular weight excluding hydrogens is 340 g/mol. The van der Waals surface area contributed by atoms with Crippen molar-refractivity contribution in [3.8, 4) is 0 Å². The maximum atomic E-state index is 11.5. The Morgan fingerprint density at radius 1 is 0.692 bits per heavy atom. The van der Waals surface area contributed by atoms with E-state index in [1.165, 1.54) is 6.92 Å². The molecule has 0 radical (unpaired) electrons. The van der Waals surface area contributed by atoms with Gasteiger partial charge >= 0.3 is 17.9 Å². The van der Waals surface area contributed by atoms with Crippen LogP contribution in [0.25, 0.3) is 0 Å². The van der Waals surface area contributed by atoms with Crippen LogP contribution in [0.15, 0.2) is 12.2 Å². The van der Waals surface area contributed by atoms with Crippen LogP contribution in [-0.2, 0) is 33.3 Å². The topological polar surface area (TPSA) is 88.1 Å². The first-order chi connectivity index (χ1) is 12.5. The molecule has 0 rings (SSSR count). The van der Waals surface area contributed by atoms with Crippen molar-refractivity contribution < 1.29 is 33.3 Å². The molecule has 0 saturated heterocycles. The summed E-state index contributed by atoms with van der Waals surface area (Å²) in [4.78, 5) is 34.1. The smallest absolute Gasteiger partial charge is 0.333 e. The Hall–Kier alpha value is -1.89. The van der Waals surface area contributed by atoms with E-state index in [4.69, 9.17) is 18.9 Å². The number of carbonyl (C=O) groups is 3. The number of unbranched alkanes of at least 4 members (excludes halogenated alkanes) is 5. The van der Waals surface area contributed by atoms with Crippen LogP contribution >= 0.6 is 0 Å². The molecule has 0 aromatic carbocycles. The second-order valence-electron chi connectivity index (χ2n) is 5.97. The number of hydrogen-bond donors (Lipinski definition) is 0. The van der Waals surface area contributed by atoms with Crippen LogP contribution in [0, 0.1) is 0 Å². The molecule has 0 N–H and O–H groups in total. The third kappa shape index (κ3) is 15.6. The van der Waals surface area contributed by atoms with E-state index in [0.29, 0.717) is 6.61 Å². The van der Waals surface area contributed by atoms with Crippen molar-refractivity contribution in [2.24, 2.45) is 0 Å². The first-order valence-electron chi connectivity index (χ1n) is 9.10. The van der Waals surface area contributed by atoms with Crippen molar-refractivity contribution in [2.75, 3.05) is 33.5 Å². The van der Waals surface area contributed by atoms with Gasteiger partial charge in [0, 0.05) is 19.3 Å². The van der Waals surface area contributed by atoms with Gasteiger partial charge in [-0.05, 0) is 19.8 Å². The van der Waals surface area contributed by atoms with Crippen molar-refractivity contribution in [3.05, 3.63) is 12.2 Å². The highest BCUT2D eigenvalue weighted by molar-refractivity contribution is 5.86. The lowest BCUT2D eigenvalue weighted by Crippen LogP contribution is -2.15. The van der Waals surface area contributed by atoms with Crippen LogP contribution in [0.5, 0.6) is 0 Å². The summed E-state index contributed by atoms with van der Waals surface area (Å²) in [5.74, 6) is -1.46. The number of hydrogen-bond acceptors (Lipinski definition) is 7. The summed E-state index contributed by atoms with van der Waals surface area (Å²) in [5, 5.41) is 0. The van der Waals surface area contributed by atoms with E-state index in [9.17, 15) is 14.4 Å². The molecule has 0 spiro atoms. The first-order valence-corrected chi connectivity index (χ1v) is 9.10. The Balaban J connectivity index is 3.45. The number of rotatable bonds is 16. The maximum absolute atomic E-state index is 11.5. The predicted octanol–water partition coefficient (Wildman–Crippen LogP) is 2.96. The molecule has 0 atom stereocenters. The van der Waals surface area contributed by atoms with Crippen molar-refractivity contribution in [3.63, 3.8) is 0 Å². The molecule has 0 amide bonds. The van der Waals surface area contributed by atoms with E-state index in [0.717, 1.165) is 45.1 Å². The van der Waals surface area contributed by atoms with Crippen LogP contribution in [-0.4, -0.2) is 51.4 Å². The normalized spacial score (nSPS) is 10.2. The summed E-state index contributed by atoms with van der Waals surface area (Å²) < 4.78 is 19.7. The van der Waals surface area contributed by atoms with Gasteiger partial charge in [-0.25, -0.2) is 4.79 Å². The van der Waals surface area contributed by atoms with Gasteiger partial charge in [-0.2, -0.15) is 0 Å². The summed E-state index contributed by atoms with van der Waals surface area (Å²) in [6, 6.07) is 0. The second kappa shape index (κ2) is 16.6. The van der Waals surface area contributed by atoms with E-state index in [2.05, 4.69) is 6.58 Å². The zero-order chi connectivity index (χ0) is 19.6. The number of methoxy groups -OCH3 is 1. The van der Waals surface area contributed by atoms with Gasteiger partial charge in [0.15, 0.2) is 0 Å². The van der Waals surface area contributed by atoms with Gasteiger partial charge in [-0.1, -0.05) is 32.3 Å². The van der Waals surface area contributed by atoms with Crippen LogP contribution < -0.4 is 0 Å². The molecule has 0 fully saturated rings. The third-order valence-corrected chi connectivity index (χ3v) is 3.47. The average molecular weight is 372 g/mol. The Bertz CT molecular complexity index is 432. The molecule has 0 aliphatic carbocycles. The van der Waals surface area contributed by atoms with Gasteiger partial charge in [0.25, 0.3) is 0 Å². The highest BCUT2D eigenvalue weighted by atomic mass is 16.6. The second-order valence-corrected chi connectivity index (χ2v) is 5.97. The number of carbonyl (C=O) groups excluding carboxylic acids is 3. The van der Waals surface area contributed by atoms with Gasteiger partial charge < -0.3 is 18.9 Å². The lowest BCUT2D eigenvalue weighted by atomic mass is 10.1. The van der Waals surface area contributed by atoms with Gasteiger partial charge in [0.2, 0.25) is 0 Å². The fourth-order valence-electron chi connectivity index (χ4n) is 2.00. The zero-order valence-corrected chi connectivity index (χ0v) is 16.1. The number of esters is 3. The SMILES string of the molecule is C=C(C)C(=O)OCCOC(=O)CCC(=O)OCCCCCCCCOC. The first kappa shape index (κ1) is 24.1. The maximum Gasteiger partial charge on any atom is 0.333 e. The molecule has 7 nitrogen and oxygen atoms in total. The molecule has 150 valence electrons. The molecule has 7 heteroatoms. The molecular formula is C19H32O7. The Kier molecular flexibility index (Phi) is 15.4. The molecule has 0 unspecified atom stereocenters. The molecule has 0 bridgehead atoms. The highest BCUT2D eigenvalue weighted by Crippen LogP contribution is 2.06. The largest absolute Gasteiger partial charge is 0.466 e. The summed E-state index contributed by atoms with van der Waals surface area (Å²) in [6.07, 6.45) is 6.29. The van der Waals surface area contributed by atoms with Crippen molar-refractivity contribution in [1.29, 1.82) is 0 Å². The molecule has 0 aromatic heterocycles. The lowest BCUT2D eigenvalue weighted by molar-refractivity contribution is -0.153. The van der Waals surface area contributed by atoms with Gasteiger partial charge in [0.1, 0.15) is 13.2 Å². The fraction of sp³-hybridized carbons (Fsp3) is 0.737. The van der Waals surface area contributed by atoms with Crippen LogP contribution in [0.3, 0.4) is 0 Å². The lowest BCUT2D eigenvalue weighted by Gasteiger charge is -2.07. The summed E-state index contributed by atoms with van der Waals surface area (Å²) in [6.45, 7) is 6.07. The Morgan fingerprint density at radius 2 is 1.15 bits per heavy atom. The minimum atomic E-state index is -0.528. The van der Waals surface area contributed by atoms with Gasteiger partial charge in [-0.3, -0.25) is 9.59 Å². The molecule has 26 heavy (non-hydrogen) atoms. The molecule has 0 aliphatic rings. The molecule has 0 saturated carbocycles. The minimum absolute atomic E-state index is 0.0125. The monoisotopic (exact) mass is 372 g/mol. The standard InChI is InChI=1S/C19H32O7/c1-16(2)19(22)26-15-14-25-18(21)11-10-17(20)24-13-9-7-5-4-6-8-12-23-3/h1,4-15H2,2-3H3. The highest BCUT2D eigenvalue weighted by Gasteiger charge is 2.10. The van der Waals surface area contributed by atoms with E-state index in [1.807, 2.05) is 0 Å². The summed E-state index contributed by atoms with van der Waals surface area (Å²) >= 11 is 0. The molecule has 0 aromatic rings. The van der Waals surface area contributed by atoms with Crippen LogP contribution in [0.1, 0.15) is 58.3 Å². The zero-order valence-electron chi connectivity index (χ0n) is 16.1.